The monoisotopic (exact) mass is 446 g/mol. The van der Waals surface area contributed by atoms with E-state index in [1.165, 1.54) is 0 Å². The SMILES string of the molecule is COc1ccc(OCCOCCn2c(-c3ccc(OC)cc3)nc3ccccc3c2=O)cc1. The van der Waals surface area contributed by atoms with E-state index in [1.54, 1.807) is 24.9 Å². The second-order valence-corrected chi connectivity index (χ2v) is 7.27. The summed E-state index contributed by atoms with van der Waals surface area (Å²) in [4.78, 5) is 18.0. The molecule has 0 N–H and O–H groups in total. The van der Waals surface area contributed by atoms with Crippen LogP contribution in [0.2, 0.25) is 0 Å². The highest BCUT2D eigenvalue weighted by atomic mass is 16.5. The fourth-order valence-corrected chi connectivity index (χ4v) is 3.48. The van der Waals surface area contributed by atoms with Crippen molar-refractivity contribution in [2.75, 3.05) is 34.0 Å². The molecule has 0 spiro atoms. The highest BCUT2D eigenvalue weighted by Crippen LogP contribution is 2.22. The maximum Gasteiger partial charge on any atom is 0.261 e. The van der Waals surface area contributed by atoms with Crippen molar-refractivity contribution in [2.45, 2.75) is 6.54 Å². The van der Waals surface area contributed by atoms with Crippen LogP contribution >= 0.6 is 0 Å². The van der Waals surface area contributed by atoms with Gasteiger partial charge in [-0.15, -0.1) is 0 Å². The van der Waals surface area contributed by atoms with Crippen LogP contribution in [0.15, 0.2) is 77.6 Å². The normalized spacial score (nSPS) is 10.8. The zero-order valence-corrected chi connectivity index (χ0v) is 18.7. The Bertz CT molecular complexity index is 1250. The van der Waals surface area contributed by atoms with Gasteiger partial charge >= 0.3 is 0 Å². The van der Waals surface area contributed by atoms with E-state index in [0.29, 0.717) is 43.1 Å². The van der Waals surface area contributed by atoms with Gasteiger partial charge in [0, 0.05) is 5.56 Å². The first-order valence-corrected chi connectivity index (χ1v) is 10.7. The number of aromatic nitrogens is 2. The van der Waals surface area contributed by atoms with Crippen LogP contribution in [-0.4, -0.2) is 43.6 Å². The smallest absolute Gasteiger partial charge is 0.261 e. The number of rotatable bonds is 10. The summed E-state index contributed by atoms with van der Waals surface area (Å²) < 4.78 is 23.5. The molecule has 0 aliphatic rings. The third kappa shape index (κ3) is 5.32. The molecule has 1 aromatic heterocycles. The molecule has 0 bridgehead atoms. The van der Waals surface area contributed by atoms with Gasteiger partial charge in [-0.3, -0.25) is 9.36 Å². The van der Waals surface area contributed by atoms with Crippen molar-refractivity contribution < 1.29 is 18.9 Å². The molecular weight excluding hydrogens is 420 g/mol. The first kappa shape index (κ1) is 22.4. The number of nitrogens with zero attached hydrogens (tertiary/aromatic N) is 2. The van der Waals surface area contributed by atoms with E-state index in [9.17, 15) is 4.79 Å². The van der Waals surface area contributed by atoms with E-state index in [1.807, 2.05) is 66.7 Å². The maximum atomic E-state index is 13.2. The number of methoxy groups -OCH3 is 2. The molecule has 170 valence electrons. The quantitative estimate of drug-likeness (QED) is 0.341. The van der Waals surface area contributed by atoms with Crippen molar-refractivity contribution in [3.8, 4) is 28.6 Å². The lowest BCUT2D eigenvalue weighted by molar-refractivity contribution is 0.0940. The number of hydrogen-bond donors (Lipinski definition) is 0. The van der Waals surface area contributed by atoms with E-state index < -0.39 is 0 Å². The molecule has 7 heteroatoms. The van der Waals surface area contributed by atoms with E-state index >= 15 is 0 Å². The molecule has 0 radical (unpaired) electrons. The molecule has 0 fully saturated rings. The number of fused-ring (bicyclic) bond motifs is 1. The van der Waals surface area contributed by atoms with Gasteiger partial charge in [0.2, 0.25) is 0 Å². The first-order valence-electron chi connectivity index (χ1n) is 10.7. The van der Waals surface area contributed by atoms with Gasteiger partial charge in [0.1, 0.15) is 29.7 Å². The number of ether oxygens (including phenoxy) is 4. The Morgan fingerprint density at radius 3 is 2.09 bits per heavy atom. The predicted molar refractivity (Wildman–Crippen MR) is 127 cm³/mol. The Hall–Kier alpha value is -3.84. The summed E-state index contributed by atoms with van der Waals surface area (Å²) in [5.41, 5.74) is 1.41. The molecule has 7 nitrogen and oxygen atoms in total. The summed E-state index contributed by atoms with van der Waals surface area (Å²) in [7, 11) is 3.25. The highest BCUT2D eigenvalue weighted by molar-refractivity contribution is 5.79. The molecule has 4 aromatic rings. The predicted octanol–water partition coefficient (Wildman–Crippen LogP) is 4.18. The lowest BCUT2D eigenvalue weighted by Gasteiger charge is -2.14. The molecule has 0 atom stereocenters. The zero-order chi connectivity index (χ0) is 23.0. The van der Waals surface area contributed by atoms with Crippen LogP contribution in [0.1, 0.15) is 0 Å². The van der Waals surface area contributed by atoms with Gasteiger partial charge in [-0.1, -0.05) is 12.1 Å². The second-order valence-electron chi connectivity index (χ2n) is 7.27. The van der Waals surface area contributed by atoms with Crippen LogP contribution in [0.25, 0.3) is 22.3 Å². The van der Waals surface area contributed by atoms with E-state index in [4.69, 9.17) is 23.9 Å². The summed E-state index contributed by atoms with van der Waals surface area (Å²) in [5.74, 6) is 2.87. The lowest BCUT2D eigenvalue weighted by atomic mass is 10.1. The van der Waals surface area contributed by atoms with Gasteiger partial charge in [0.25, 0.3) is 5.56 Å². The molecule has 0 aliphatic heterocycles. The standard InChI is InChI=1S/C26H26N2O5/c1-30-20-9-7-19(8-10-20)25-27-24-6-4-3-5-23(24)26(29)28(25)15-16-32-17-18-33-22-13-11-21(31-2)12-14-22/h3-14H,15-18H2,1-2H3. The van der Waals surface area contributed by atoms with Crippen LogP contribution in [0.4, 0.5) is 0 Å². The topological polar surface area (TPSA) is 71.8 Å². The van der Waals surface area contributed by atoms with Gasteiger partial charge in [0.05, 0.1) is 44.9 Å². The van der Waals surface area contributed by atoms with Crippen LogP contribution in [-0.2, 0) is 11.3 Å². The first-order chi connectivity index (χ1) is 16.2. The third-order valence-electron chi connectivity index (χ3n) is 5.22. The van der Waals surface area contributed by atoms with Crippen LogP contribution < -0.4 is 19.8 Å². The average Bonchev–Trinajstić information content (AvgIpc) is 2.87. The molecule has 1 heterocycles. The Labute approximate surface area is 192 Å². The zero-order valence-electron chi connectivity index (χ0n) is 18.7. The van der Waals surface area contributed by atoms with Crippen molar-refractivity contribution in [1.82, 2.24) is 9.55 Å². The Balaban J connectivity index is 1.44. The van der Waals surface area contributed by atoms with E-state index in [0.717, 1.165) is 22.8 Å². The molecule has 0 saturated heterocycles. The summed E-state index contributed by atoms with van der Waals surface area (Å²) in [6.45, 7) is 1.54. The average molecular weight is 447 g/mol. The molecule has 0 aliphatic carbocycles. The fraction of sp³-hybridized carbons (Fsp3) is 0.231. The largest absolute Gasteiger partial charge is 0.497 e. The minimum atomic E-state index is -0.0931. The van der Waals surface area contributed by atoms with Gasteiger partial charge < -0.3 is 18.9 Å². The van der Waals surface area contributed by atoms with Crippen LogP contribution in [0, 0.1) is 0 Å². The number of para-hydroxylation sites is 1. The summed E-state index contributed by atoms with van der Waals surface area (Å²) in [6, 6.07) is 22.3. The van der Waals surface area contributed by atoms with Gasteiger partial charge in [-0.05, 0) is 60.7 Å². The minimum absolute atomic E-state index is 0.0931. The highest BCUT2D eigenvalue weighted by Gasteiger charge is 2.13. The van der Waals surface area contributed by atoms with Crippen molar-refractivity contribution in [2.24, 2.45) is 0 Å². The molecule has 0 saturated carbocycles. The number of hydrogen-bond acceptors (Lipinski definition) is 6. The molecule has 0 unspecified atom stereocenters. The summed E-state index contributed by atoms with van der Waals surface area (Å²) in [6.07, 6.45) is 0. The van der Waals surface area contributed by atoms with E-state index in [2.05, 4.69) is 0 Å². The van der Waals surface area contributed by atoms with Crippen molar-refractivity contribution >= 4 is 10.9 Å². The van der Waals surface area contributed by atoms with Gasteiger partial charge in [0.15, 0.2) is 0 Å². The molecule has 4 rings (SSSR count). The molecule has 0 amide bonds. The van der Waals surface area contributed by atoms with Crippen molar-refractivity contribution in [3.63, 3.8) is 0 Å². The Kier molecular flexibility index (Phi) is 7.22. The number of benzene rings is 3. The van der Waals surface area contributed by atoms with Crippen molar-refractivity contribution in [3.05, 3.63) is 83.2 Å². The molecule has 3 aromatic carbocycles. The third-order valence-corrected chi connectivity index (χ3v) is 5.22. The summed E-state index contributed by atoms with van der Waals surface area (Å²) >= 11 is 0. The lowest BCUT2D eigenvalue weighted by Crippen LogP contribution is -2.26. The van der Waals surface area contributed by atoms with Crippen LogP contribution in [0.5, 0.6) is 17.2 Å². The van der Waals surface area contributed by atoms with Crippen molar-refractivity contribution in [1.29, 1.82) is 0 Å². The van der Waals surface area contributed by atoms with E-state index in [-0.39, 0.29) is 5.56 Å². The van der Waals surface area contributed by atoms with Gasteiger partial charge in [-0.25, -0.2) is 4.98 Å². The minimum Gasteiger partial charge on any atom is -0.497 e. The van der Waals surface area contributed by atoms with Gasteiger partial charge in [-0.2, -0.15) is 0 Å². The van der Waals surface area contributed by atoms with Crippen LogP contribution in [0.3, 0.4) is 0 Å². The molecule has 33 heavy (non-hydrogen) atoms. The molecular formula is C26H26N2O5. The Morgan fingerprint density at radius 2 is 1.39 bits per heavy atom. The Morgan fingerprint density at radius 1 is 0.758 bits per heavy atom. The summed E-state index contributed by atoms with van der Waals surface area (Å²) in [5, 5.41) is 0.581. The fourth-order valence-electron chi connectivity index (χ4n) is 3.48. The maximum absolute atomic E-state index is 13.2. The second kappa shape index (κ2) is 10.7.